The summed E-state index contributed by atoms with van der Waals surface area (Å²) in [4.78, 5) is 12.2. The van der Waals surface area contributed by atoms with Gasteiger partial charge in [0.2, 0.25) is 0 Å². The average molecular weight is 517 g/mol. The van der Waals surface area contributed by atoms with Gasteiger partial charge in [-0.25, -0.2) is 0 Å². The number of rotatable bonds is 9. The van der Waals surface area contributed by atoms with E-state index in [2.05, 4.69) is 26.6 Å². The molecular weight excluding hydrogens is 492 g/mol. The Kier molecular flexibility index (Phi) is 7.83. The van der Waals surface area contributed by atoms with Crippen molar-refractivity contribution in [1.82, 2.24) is 0 Å². The summed E-state index contributed by atoms with van der Waals surface area (Å²) in [6.45, 7) is 2.56. The van der Waals surface area contributed by atoms with E-state index in [0.29, 0.717) is 12.3 Å². The number of para-hydroxylation sites is 1. The number of benzene rings is 4. The lowest BCUT2D eigenvalue weighted by Crippen LogP contribution is -2.20. The Hall–Kier alpha value is -3.77. The van der Waals surface area contributed by atoms with Gasteiger partial charge < -0.3 is 20.1 Å². The molecule has 6 heteroatoms. The molecule has 0 atom stereocenters. The molecule has 1 amide bonds. The second kappa shape index (κ2) is 11.4. The van der Waals surface area contributed by atoms with Crippen LogP contribution in [0.15, 0.2) is 102 Å². The van der Waals surface area contributed by atoms with Crippen LogP contribution in [0.25, 0.3) is 0 Å². The number of hydrogen-bond donors (Lipinski definition) is 2. The van der Waals surface area contributed by atoms with Crippen LogP contribution in [0.3, 0.4) is 0 Å². The highest BCUT2D eigenvalue weighted by Gasteiger charge is 2.08. The number of carbonyl (C=O) groups is 1. The van der Waals surface area contributed by atoms with Crippen molar-refractivity contribution >= 4 is 33.2 Å². The van der Waals surface area contributed by atoms with E-state index >= 15 is 0 Å². The summed E-state index contributed by atoms with van der Waals surface area (Å²) >= 11 is 3.54. The number of halogens is 1. The first-order valence-electron chi connectivity index (χ1n) is 10.9. The van der Waals surface area contributed by atoms with Gasteiger partial charge >= 0.3 is 0 Å². The van der Waals surface area contributed by atoms with Crippen molar-refractivity contribution in [2.45, 2.75) is 13.5 Å². The van der Waals surface area contributed by atoms with Gasteiger partial charge in [-0.1, -0.05) is 36.4 Å². The van der Waals surface area contributed by atoms with Crippen molar-refractivity contribution < 1.29 is 14.3 Å². The van der Waals surface area contributed by atoms with E-state index in [4.69, 9.17) is 9.47 Å². The smallest absolute Gasteiger partial charge is 0.262 e. The summed E-state index contributed by atoms with van der Waals surface area (Å²) in [7, 11) is 0. The molecule has 0 bridgehead atoms. The van der Waals surface area contributed by atoms with Crippen molar-refractivity contribution in [2.24, 2.45) is 0 Å². The molecule has 0 fully saturated rings. The first-order chi connectivity index (χ1) is 16.5. The zero-order valence-corrected chi connectivity index (χ0v) is 20.3. The lowest BCUT2D eigenvalue weighted by atomic mass is 10.2. The molecule has 0 spiro atoms. The molecule has 0 aromatic heterocycles. The van der Waals surface area contributed by atoms with Gasteiger partial charge in [-0.05, 0) is 94.6 Å². The fraction of sp³-hybridized carbons (Fsp3) is 0.107. The summed E-state index contributed by atoms with van der Waals surface area (Å²) in [5.74, 6) is 2.00. The number of carbonyl (C=O) groups excluding carboxylic acids is 1. The number of ether oxygens (including phenoxy) is 2. The van der Waals surface area contributed by atoms with E-state index in [1.54, 1.807) is 0 Å². The summed E-state index contributed by atoms with van der Waals surface area (Å²) in [6, 6.07) is 31.0. The maximum Gasteiger partial charge on any atom is 0.262 e. The fourth-order valence-corrected chi connectivity index (χ4v) is 3.84. The van der Waals surface area contributed by atoms with E-state index in [0.717, 1.165) is 38.5 Å². The third kappa shape index (κ3) is 6.86. The maximum absolute atomic E-state index is 12.2. The second-order valence-corrected chi connectivity index (χ2v) is 8.62. The molecule has 4 rings (SSSR count). The highest BCUT2D eigenvalue weighted by Crippen LogP contribution is 2.27. The van der Waals surface area contributed by atoms with Crippen LogP contribution in [-0.2, 0) is 11.3 Å². The van der Waals surface area contributed by atoms with Gasteiger partial charge in [0.05, 0.1) is 4.47 Å². The van der Waals surface area contributed by atoms with Gasteiger partial charge in [0.15, 0.2) is 6.61 Å². The quantitative estimate of drug-likeness (QED) is 0.247. The Balaban J connectivity index is 1.26. The minimum atomic E-state index is -0.206. The lowest BCUT2D eigenvalue weighted by Gasteiger charge is -2.12. The van der Waals surface area contributed by atoms with Gasteiger partial charge in [-0.3, -0.25) is 4.79 Å². The third-order valence-corrected chi connectivity index (χ3v) is 5.61. The van der Waals surface area contributed by atoms with E-state index in [9.17, 15) is 4.79 Å². The highest BCUT2D eigenvalue weighted by molar-refractivity contribution is 9.10. The molecule has 5 nitrogen and oxygen atoms in total. The number of hydrogen-bond acceptors (Lipinski definition) is 4. The SMILES string of the molecule is Cc1cccc(NC(=O)COc2ccc(CNc3ccc(Oc4ccccc4)cc3)cc2Br)c1. The van der Waals surface area contributed by atoms with E-state index < -0.39 is 0 Å². The Morgan fingerprint density at radius 1 is 0.824 bits per heavy atom. The molecule has 0 radical (unpaired) electrons. The Morgan fingerprint density at radius 3 is 2.32 bits per heavy atom. The van der Waals surface area contributed by atoms with Crippen LogP contribution < -0.4 is 20.1 Å². The molecule has 4 aromatic carbocycles. The van der Waals surface area contributed by atoms with Crippen LogP contribution in [-0.4, -0.2) is 12.5 Å². The summed E-state index contributed by atoms with van der Waals surface area (Å²) in [5.41, 5.74) is 3.91. The molecular formula is C28H25BrN2O3. The van der Waals surface area contributed by atoms with Crippen molar-refractivity contribution in [3.8, 4) is 17.2 Å². The molecule has 172 valence electrons. The predicted molar refractivity (Wildman–Crippen MR) is 140 cm³/mol. The van der Waals surface area contributed by atoms with Crippen molar-refractivity contribution in [3.05, 3.63) is 113 Å². The number of nitrogens with one attached hydrogen (secondary N) is 2. The molecule has 0 aliphatic heterocycles. The molecule has 2 N–H and O–H groups in total. The van der Waals surface area contributed by atoms with Crippen LogP contribution in [0, 0.1) is 6.92 Å². The van der Waals surface area contributed by atoms with Crippen molar-refractivity contribution in [1.29, 1.82) is 0 Å². The fourth-order valence-electron chi connectivity index (χ4n) is 3.30. The lowest BCUT2D eigenvalue weighted by molar-refractivity contribution is -0.118. The summed E-state index contributed by atoms with van der Waals surface area (Å²) in [6.07, 6.45) is 0. The standard InChI is InChI=1S/C28H25BrN2O3/c1-20-6-5-7-23(16-20)31-28(32)19-33-27-15-10-21(17-26(27)29)18-30-22-11-13-25(14-12-22)34-24-8-3-2-4-9-24/h2-17,30H,18-19H2,1H3,(H,31,32). The van der Waals surface area contributed by atoms with Gasteiger partial charge in [0.25, 0.3) is 5.91 Å². The van der Waals surface area contributed by atoms with Gasteiger partial charge in [0, 0.05) is 17.9 Å². The molecule has 0 unspecified atom stereocenters. The van der Waals surface area contributed by atoms with Crippen LogP contribution in [0.5, 0.6) is 17.2 Å². The van der Waals surface area contributed by atoms with Crippen LogP contribution in [0.1, 0.15) is 11.1 Å². The minimum Gasteiger partial charge on any atom is -0.483 e. The van der Waals surface area contributed by atoms with Crippen LogP contribution >= 0.6 is 15.9 Å². The number of anilines is 2. The molecule has 0 saturated heterocycles. The third-order valence-electron chi connectivity index (χ3n) is 4.99. The minimum absolute atomic E-state index is 0.0679. The Morgan fingerprint density at radius 2 is 1.59 bits per heavy atom. The second-order valence-electron chi connectivity index (χ2n) is 7.76. The molecule has 34 heavy (non-hydrogen) atoms. The van der Waals surface area contributed by atoms with E-state index in [-0.39, 0.29) is 12.5 Å². The molecule has 4 aromatic rings. The normalized spacial score (nSPS) is 10.4. The molecule has 0 heterocycles. The van der Waals surface area contributed by atoms with E-state index in [1.165, 1.54) is 0 Å². The van der Waals surface area contributed by atoms with Gasteiger partial charge in [-0.2, -0.15) is 0 Å². The number of aryl methyl sites for hydroxylation is 1. The Labute approximate surface area is 207 Å². The number of amides is 1. The largest absolute Gasteiger partial charge is 0.483 e. The predicted octanol–water partition coefficient (Wildman–Crippen LogP) is 7.18. The highest BCUT2D eigenvalue weighted by atomic mass is 79.9. The summed E-state index contributed by atoms with van der Waals surface area (Å²) < 4.78 is 12.3. The zero-order chi connectivity index (χ0) is 23.8. The van der Waals surface area contributed by atoms with Crippen LogP contribution in [0.4, 0.5) is 11.4 Å². The average Bonchev–Trinajstić information content (AvgIpc) is 2.84. The van der Waals surface area contributed by atoms with Crippen molar-refractivity contribution in [2.75, 3.05) is 17.2 Å². The molecule has 0 saturated carbocycles. The van der Waals surface area contributed by atoms with Gasteiger partial charge in [-0.15, -0.1) is 0 Å². The summed E-state index contributed by atoms with van der Waals surface area (Å²) in [5, 5.41) is 6.24. The van der Waals surface area contributed by atoms with Crippen LogP contribution in [0.2, 0.25) is 0 Å². The van der Waals surface area contributed by atoms with Crippen molar-refractivity contribution in [3.63, 3.8) is 0 Å². The monoisotopic (exact) mass is 516 g/mol. The molecule has 0 aliphatic rings. The Bertz CT molecular complexity index is 1240. The van der Waals surface area contributed by atoms with Gasteiger partial charge in [0.1, 0.15) is 17.2 Å². The topological polar surface area (TPSA) is 59.6 Å². The van der Waals surface area contributed by atoms with E-state index in [1.807, 2.05) is 104 Å². The zero-order valence-electron chi connectivity index (χ0n) is 18.8. The first-order valence-corrected chi connectivity index (χ1v) is 11.7. The maximum atomic E-state index is 12.2. The molecule has 0 aliphatic carbocycles. The first kappa shape index (κ1) is 23.4.